The number of nitrogens with two attached hydrogens (primary N) is 2. The van der Waals surface area contributed by atoms with Crippen LogP contribution in [-0.4, -0.2) is 12.7 Å². The first-order valence-electron chi connectivity index (χ1n) is 5.37. The molecule has 0 unspecified atom stereocenters. The molecule has 0 atom stereocenters. The van der Waals surface area contributed by atoms with E-state index in [1.165, 1.54) is 0 Å². The lowest BCUT2D eigenvalue weighted by atomic mass is 10.0. The number of carbonyl (C=O) groups is 1. The zero-order chi connectivity index (χ0) is 12.3. The van der Waals surface area contributed by atoms with Gasteiger partial charge < -0.3 is 16.2 Å². The Labute approximate surface area is 99.2 Å². The molecule has 0 spiro atoms. The highest BCUT2D eigenvalue weighted by molar-refractivity contribution is 5.94. The maximum absolute atomic E-state index is 10.5. The molecule has 0 aromatic heterocycles. The van der Waals surface area contributed by atoms with Crippen molar-refractivity contribution in [2.24, 2.45) is 5.73 Å². The molecule has 2 aromatic carbocycles. The number of primary amides is 1. The second-order valence-corrected chi connectivity index (χ2v) is 3.78. The fourth-order valence-electron chi connectivity index (χ4n) is 1.82. The maximum Gasteiger partial charge on any atom is 0.404 e. The van der Waals surface area contributed by atoms with Crippen molar-refractivity contribution in [3.8, 4) is 0 Å². The van der Waals surface area contributed by atoms with Crippen LogP contribution in [0.25, 0.3) is 10.8 Å². The summed E-state index contributed by atoms with van der Waals surface area (Å²) >= 11 is 0. The number of benzene rings is 2. The third kappa shape index (κ3) is 2.47. The second kappa shape index (κ2) is 4.74. The van der Waals surface area contributed by atoms with Crippen LogP contribution >= 0.6 is 0 Å². The summed E-state index contributed by atoms with van der Waals surface area (Å²) in [6, 6.07) is 11.9. The molecular weight excluding hydrogens is 216 g/mol. The van der Waals surface area contributed by atoms with Crippen LogP contribution in [0.2, 0.25) is 0 Å². The van der Waals surface area contributed by atoms with Gasteiger partial charge in [-0.25, -0.2) is 4.79 Å². The minimum Gasteiger partial charge on any atom is -0.449 e. The monoisotopic (exact) mass is 230 g/mol. The Morgan fingerprint density at radius 2 is 1.94 bits per heavy atom. The first-order valence-corrected chi connectivity index (χ1v) is 5.37. The molecule has 0 aliphatic carbocycles. The van der Waals surface area contributed by atoms with E-state index >= 15 is 0 Å². The average molecular weight is 230 g/mol. The van der Waals surface area contributed by atoms with Crippen LogP contribution in [0.5, 0.6) is 0 Å². The largest absolute Gasteiger partial charge is 0.449 e. The van der Waals surface area contributed by atoms with Crippen LogP contribution in [0.4, 0.5) is 10.5 Å². The average Bonchev–Trinajstić information content (AvgIpc) is 2.32. The molecule has 88 valence electrons. The van der Waals surface area contributed by atoms with Crippen molar-refractivity contribution >= 4 is 22.6 Å². The van der Waals surface area contributed by atoms with Crippen molar-refractivity contribution in [3.05, 3.63) is 42.0 Å². The third-order valence-electron chi connectivity index (χ3n) is 2.68. The Kier molecular flexibility index (Phi) is 3.14. The van der Waals surface area contributed by atoms with E-state index in [4.69, 9.17) is 16.2 Å². The van der Waals surface area contributed by atoms with Gasteiger partial charge in [-0.1, -0.05) is 36.4 Å². The number of hydrogen-bond acceptors (Lipinski definition) is 3. The van der Waals surface area contributed by atoms with E-state index in [1.54, 1.807) is 0 Å². The Hall–Kier alpha value is -2.23. The molecule has 0 aliphatic rings. The Morgan fingerprint density at radius 3 is 2.71 bits per heavy atom. The van der Waals surface area contributed by atoms with Crippen molar-refractivity contribution in [2.75, 3.05) is 12.3 Å². The number of ether oxygens (including phenoxy) is 1. The van der Waals surface area contributed by atoms with Gasteiger partial charge in [-0.15, -0.1) is 0 Å². The Morgan fingerprint density at radius 1 is 1.18 bits per heavy atom. The second-order valence-electron chi connectivity index (χ2n) is 3.78. The van der Waals surface area contributed by atoms with Gasteiger partial charge in [-0.05, 0) is 10.9 Å². The molecular formula is C13H14N2O2. The number of rotatable bonds is 3. The third-order valence-corrected chi connectivity index (χ3v) is 2.68. The molecule has 0 saturated carbocycles. The number of hydrogen-bond donors (Lipinski definition) is 2. The molecule has 4 nitrogen and oxygen atoms in total. The van der Waals surface area contributed by atoms with Crippen LogP contribution in [0.1, 0.15) is 5.56 Å². The van der Waals surface area contributed by atoms with E-state index in [-0.39, 0.29) is 6.61 Å². The number of anilines is 1. The molecule has 0 aliphatic heterocycles. The molecule has 0 radical (unpaired) electrons. The normalized spacial score (nSPS) is 10.4. The Balaban J connectivity index is 2.23. The Bertz CT molecular complexity index is 552. The lowest BCUT2D eigenvalue weighted by Gasteiger charge is -2.09. The van der Waals surface area contributed by atoms with E-state index in [0.29, 0.717) is 6.42 Å². The van der Waals surface area contributed by atoms with Gasteiger partial charge in [0.2, 0.25) is 0 Å². The molecule has 0 saturated heterocycles. The minimum absolute atomic E-state index is 0.248. The summed E-state index contributed by atoms with van der Waals surface area (Å²) in [6.45, 7) is 0.248. The van der Waals surface area contributed by atoms with Crippen molar-refractivity contribution < 1.29 is 9.53 Å². The zero-order valence-corrected chi connectivity index (χ0v) is 9.35. The molecule has 0 heterocycles. The predicted molar refractivity (Wildman–Crippen MR) is 67.6 cm³/mol. The highest BCUT2D eigenvalue weighted by Gasteiger charge is 2.04. The van der Waals surface area contributed by atoms with Crippen molar-refractivity contribution in [3.63, 3.8) is 0 Å². The summed E-state index contributed by atoms with van der Waals surface area (Å²) in [4.78, 5) is 10.5. The van der Waals surface area contributed by atoms with E-state index in [9.17, 15) is 4.79 Å². The minimum atomic E-state index is -0.760. The molecule has 4 N–H and O–H groups in total. The van der Waals surface area contributed by atoms with E-state index in [0.717, 1.165) is 22.0 Å². The van der Waals surface area contributed by atoms with Gasteiger partial charge in [0.25, 0.3) is 0 Å². The molecule has 1 amide bonds. The van der Waals surface area contributed by atoms with Crippen molar-refractivity contribution in [2.45, 2.75) is 6.42 Å². The van der Waals surface area contributed by atoms with Crippen molar-refractivity contribution in [1.82, 2.24) is 0 Å². The quantitative estimate of drug-likeness (QED) is 0.792. The number of amides is 1. The molecule has 2 rings (SSSR count). The van der Waals surface area contributed by atoms with Gasteiger partial charge in [0.15, 0.2) is 0 Å². The van der Waals surface area contributed by atoms with Crippen molar-refractivity contribution in [1.29, 1.82) is 0 Å². The SMILES string of the molecule is NC(=O)OCCc1ccc2ccccc2c1N. The number of carbonyl (C=O) groups excluding carboxylic acids is 1. The molecule has 17 heavy (non-hydrogen) atoms. The summed E-state index contributed by atoms with van der Waals surface area (Å²) in [6.07, 6.45) is -0.191. The summed E-state index contributed by atoms with van der Waals surface area (Å²) in [7, 11) is 0. The van der Waals surface area contributed by atoms with Gasteiger partial charge in [0.05, 0.1) is 6.61 Å². The van der Waals surface area contributed by atoms with Gasteiger partial charge in [0.1, 0.15) is 0 Å². The summed E-state index contributed by atoms with van der Waals surface area (Å²) in [5, 5.41) is 2.12. The van der Waals surface area contributed by atoms with E-state index in [2.05, 4.69) is 0 Å². The van der Waals surface area contributed by atoms with Gasteiger partial charge in [0, 0.05) is 17.5 Å². The highest BCUT2D eigenvalue weighted by Crippen LogP contribution is 2.24. The fraction of sp³-hybridized carbons (Fsp3) is 0.154. The summed E-state index contributed by atoms with van der Waals surface area (Å²) in [5.41, 5.74) is 12.7. The number of fused-ring (bicyclic) bond motifs is 1. The van der Waals surface area contributed by atoms with E-state index in [1.807, 2.05) is 36.4 Å². The highest BCUT2D eigenvalue weighted by atomic mass is 16.5. The summed E-state index contributed by atoms with van der Waals surface area (Å²) in [5.74, 6) is 0. The molecule has 2 aromatic rings. The van der Waals surface area contributed by atoms with E-state index < -0.39 is 6.09 Å². The smallest absolute Gasteiger partial charge is 0.404 e. The first-order chi connectivity index (χ1) is 8.18. The van der Waals surface area contributed by atoms with Crippen LogP contribution < -0.4 is 11.5 Å². The van der Waals surface area contributed by atoms with Crippen LogP contribution in [0.3, 0.4) is 0 Å². The lowest BCUT2D eigenvalue weighted by molar-refractivity contribution is 0.158. The molecule has 4 heteroatoms. The topological polar surface area (TPSA) is 78.3 Å². The van der Waals surface area contributed by atoms with Gasteiger partial charge >= 0.3 is 6.09 Å². The van der Waals surface area contributed by atoms with Crippen LogP contribution in [0, 0.1) is 0 Å². The zero-order valence-electron chi connectivity index (χ0n) is 9.35. The lowest BCUT2D eigenvalue weighted by Crippen LogP contribution is -2.15. The van der Waals surface area contributed by atoms with Crippen LogP contribution in [0.15, 0.2) is 36.4 Å². The first kappa shape index (κ1) is 11.3. The maximum atomic E-state index is 10.5. The summed E-state index contributed by atoms with van der Waals surface area (Å²) < 4.78 is 4.70. The fourth-order valence-corrected chi connectivity index (χ4v) is 1.82. The predicted octanol–water partition coefficient (Wildman–Crippen LogP) is 2.06. The molecule has 0 bridgehead atoms. The number of nitrogen functional groups attached to an aromatic ring is 1. The standard InChI is InChI=1S/C13H14N2O2/c14-12-10(7-8-17-13(15)16)6-5-9-3-1-2-4-11(9)12/h1-6H,7-8,14H2,(H2,15,16). The molecule has 0 fully saturated rings. The van der Waals surface area contributed by atoms with Gasteiger partial charge in [-0.2, -0.15) is 0 Å². The van der Waals surface area contributed by atoms with Crippen LogP contribution in [-0.2, 0) is 11.2 Å². The van der Waals surface area contributed by atoms with Gasteiger partial charge in [-0.3, -0.25) is 0 Å².